The topological polar surface area (TPSA) is 55.8 Å². The number of carbonyl (C=O) groups is 1. The molecule has 24 heavy (non-hydrogen) atoms. The number of allylic oxidation sites excluding steroid dienone is 3. The van der Waals surface area contributed by atoms with E-state index in [1.807, 2.05) is 0 Å². The molecule has 0 bridgehead atoms. The second-order valence-electron chi connectivity index (χ2n) is 6.77. The molecule has 1 rings (SSSR count). The van der Waals surface area contributed by atoms with E-state index < -0.39 is 5.97 Å². The lowest BCUT2D eigenvalue weighted by atomic mass is 9.80. The average Bonchev–Trinajstić information content (AvgIpc) is 2.58. The highest BCUT2D eigenvalue weighted by molar-refractivity contribution is 5.67. The number of carboxylic acid groups (broad SMARTS) is 1. The normalized spacial score (nSPS) is 29.3. The summed E-state index contributed by atoms with van der Waals surface area (Å²) in [5.41, 5.74) is -0.334. The molecule has 138 valence electrons. The number of hydrogen-bond acceptors (Lipinski definition) is 3. The molecule has 1 saturated heterocycles. The van der Waals surface area contributed by atoms with Gasteiger partial charge in [0, 0.05) is 0 Å². The van der Waals surface area contributed by atoms with Crippen molar-refractivity contribution >= 4 is 5.97 Å². The quantitative estimate of drug-likeness (QED) is 0.434. The minimum Gasteiger partial charge on any atom is -0.481 e. The summed E-state index contributed by atoms with van der Waals surface area (Å²) in [4.78, 5) is 22.2. The van der Waals surface area contributed by atoms with Crippen LogP contribution in [0.25, 0.3) is 0 Å². The average molecular weight is 338 g/mol. The number of carboxylic acids is 1. The van der Waals surface area contributed by atoms with Crippen LogP contribution in [0.4, 0.5) is 0 Å². The van der Waals surface area contributed by atoms with E-state index in [2.05, 4.69) is 52.0 Å². The molecule has 1 aliphatic rings. The Bertz CT molecular complexity index is 429. The van der Waals surface area contributed by atoms with Crippen molar-refractivity contribution in [3.8, 4) is 0 Å². The van der Waals surface area contributed by atoms with Crippen LogP contribution in [0.2, 0.25) is 0 Å². The molecule has 1 N–H and O–H groups in total. The van der Waals surface area contributed by atoms with Gasteiger partial charge in [0.1, 0.15) is 11.7 Å². The summed E-state index contributed by atoms with van der Waals surface area (Å²) in [5.74, 6) is -0.144. The van der Waals surface area contributed by atoms with Crippen LogP contribution < -0.4 is 0 Å². The van der Waals surface area contributed by atoms with E-state index in [1.54, 1.807) is 0 Å². The van der Waals surface area contributed by atoms with Gasteiger partial charge in [-0.1, -0.05) is 58.4 Å². The van der Waals surface area contributed by atoms with E-state index in [1.165, 1.54) is 0 Å². The maximum absolute atomic E-state index is 11.0. The molecular weight excluding hydrogens is 304 g/mol. The van der Waals surface area contributed by atoms with Gasteiger partial charge in [0.15, 0.2) is 0 Å². The van der Waals surface area contributed by atoms with Crippen LogP contribution in [-0.4, -0.2) is 22.8 Å². The van der Waals surface area contributed by atoms with Crippen molar-refractivity contribution in [3.05, 3.63) is 24.3 Å². The molecule has 1 unspecified atom stereocenters. The van der Waals surface area contributed by atoms with Crippen molar-refractivity contribution in [2.45, 2.75) is 84.3 Å². The lowest BCUT2D eigenvalue weighted by Gasteiger charge is -2.42. The second kappa shape index (κ2) is 10.7. The van der Waals surface area contributed by atoms with Gasteiger partial charge in [-0.3, -0.25) is 4.79 Å². The van der Waals surface area contributed by atoms with Crippen molar-refractivity contribution in [2.75, 3.05) is 0 Å². The zero-order valence-corrected chi connectivity index (χ0v) is 15.7. The van der Waals surface area contributed by atoms with Crippen LogP contribution >= 0.6 is 0 Å². The molecule has 0 spiro atoms. The molecule has 0 aromatic heterocycles. The molecule has 0 aliphatic carbocycles. The highest BCUT2D eigenvalue weighted by Gasteiger charge is 2.41. The summed E-state index contributed by atoms with van der Waals surface area (Å²) in [6.07, 6.45) is 14.1. The van der Waals surface area contributed by atoms with Gasteiger partial charge in [0.25, 0.3) is 0 Å². The number of hydrogen-bond donors (Lipinski definition) is 1. The first-order valence-electron chi connectivity index (χ1n) is 9.39. The van der Waals surface area contributed by atoms with Crippen LogP contribution in [0, 0.1) is 11.8 Å². The summed E-state index contributed by atoms with van der Waals surface area (Å²) < 4.78 is 0. The van der Waals surface area contributed by atoms with E-state index in [-0.39, 0.29) is 24.0 Å². The summed E-state index contributed by atoms with van der Waals surface area (Å²) in [5, 5.41) is 9.01. The first kappa shape index (κ1) is 20.9. The first-order valence-corrected chi connectivity index (χ1v) is 9.39. The molecule has 1 fully saturated rings. The molecule has 4 nitrogen and oxygen atoms in total. The van der Waals surface area contributed by atoms with Crippen molar-refractivity contribution < 1.29 is 19.7 Å². The molecule has 1 heterocycles. The Morgan fingerprint density at radius 3 is 2.50 bits per heavy atom. The SMILES string of the molecule is CCC=CC(C=CC[C@]1(CC)C[C@H](CC)[C@H](CC(=O)O)OO1)CC. The highest BCUT2D eigenvalue weighted by Crippen LogP contribution is 2.39. The van der Waals surface area contributed by atoms with Crippen molar-refractivity contribution in [3.63, 3.8) is 0 Å². The fourth-order valence-electron chi connectivity index (χ4n) is 3.24. The summed E-state index contributed by atoms with van der Waals surface area (Å²) >= 11 is 0. The van der Waals surface area contributed by atoms with E-state index in [4.69, 9.17) is 14.9 Å². The molecule has 4 heteroatoms. The van der Waals surface area contributed by atoms with Crippen LogP contribution in [0.3, 0.4) is 0 Å². The van der Waals surface area contributed by atoms with Crippen LogP contribution in [0.15, 0.2) is 24.3 Å². The third kappa shape index (κ3) is 6.40. The monoisotopic (exact) mass is 338 g/mol. The van der Waals surface area contributed by atoms with Gasteiger partial charge in [-0.2, -0.15) is 0 Å². The molecule has 1 aliphatic heterocycles. The van der Waals surface area contributed by atoms with Gasteiger partial charge in [-0.25, -0.2) is 9.78 Å². The first-order chi connectivity index (χ1) is 11.5. The van der Waals surface area contributed by atoms with Crippen molar-refractivity contribution in [1.82, 2.24) is 0 Å². The van der Waals surface area contributed by atoms with Crippen LogP contribution in [-0.2, 0) is 14.6 Å². The van der Waals surface area contributed by atoms with E-state index in [0.29, 0.717) is 5.92 Å². The predicted octanol–water partition coefficient (Wildman–Crippen LogP) is 5.30. The van der Waals surface area contributed by atoms with Gasteiger partial charge in [-0.05, 0) is 43.9 Å². The largest absolute Gasteiger partial charge is 0.481 e. The lowest BCUT2D eigenvalue weighted by molar-refractivity contribution is -0.421. The third-order valence-corrected chi connectivity index (χ3v) is 5.02. The minimum absolute atomic E-state index is 0.00780. The van der Waals surface area contributed by atoms with E-state index in [0.717, 1.165) is 38.5 Å². The Morgan fingerprint density at radius 1 is 1.25 bits per heavy atom. The standard InChI is InChI=1S/C20H34O4/c1-5-9-11-16(6-2)12-10-13-20(8-4)15-17(7-3)18(23-24-20)14-19(21)22/h9-12,16-18H,5-8,13-15H2,1-4H3,(H,21,22)/t16?,17-,18-,20+/m0/s1. The smallest absolute Gasteiger partial charge is 0.306 e. The summed E-state index contributed by atoms with van der Waals surface area (Å²) in [7, 11) is 0. The van der Waals surface area contributed by atoms with Gasteiger partial charge in [0.05, 0.1) is 6.42 Å². The van der Waals surface area contributed by atoms with Gasteiger partial charge in [-0.15, -0.1) is 0 Å². The zero-order valence-electron chi connectivity index (χ0n) is 15.7. The molecule has 0 amide bonds. The van der Waals surface area contributed by atoms with Gasteiger partial charge in [0.2, 0.25) is 0 Å². The summed E-state index contributed by atoms with van der Waals surface area (Å²) in [6, 6.07) is 0. The summed E-state index contributed by atoms with van der Waals surface area (Å²) in [6.45, 7) is 8.53. The second-order valence-corrected chi connectivity index (χ2v) is 6.77. The maximum Gasteiger partial charge on any atom is 0.306 e. The number of aliphatic carboxylic acids is 1. The third-order valence-electron chi connectivity index (χ3n) is 5.02. The Hall–Kier alpha value is -1.13. The van der Waals surface area contributed by atoms with Gasteiger partial charge < -0.3 is 5.11 Å². The maximum atomic E-state index is 11.0. The molecular formula is C20H34O4. The van der Waals surface area contributed by atoms with Crippen LogP contribution in [0.5, 0.6) is 0 Å². The van der Waals surface area contributed by atoms with Crippen molar-refractivity contribution in [2.24, 2.45) is 11.8 Å². The lowest BCUT2D eigenvalue weighted by Crippen LogP contribution is -2.45. The Kier molecular flexibility index (Phi) is 9.30. The molecule has 4 atom stereocenters. The van der Waals surface area contributed by atoms with Crippen molar-refractivity contribution in [1.29, 1.82) is 0 Å². The van der Waals surface area contributed by atoms with E-state index in [9.17, 15) is 4.79 Å². The van der Waals surface area contributed by atoms with Gasteiger partial charge >= 0.3 is 5.97 Å². The minimum atomic E-state index is -0.834. The molecule has 0 aromatic rings. The predicted molar refractivity (Wildman–Crippen MR) is 96.6 cm³/mol. The fraction of sp³-hybridized carbons (Fsp3) is 0.750. The molecule has 0 saturated carbocycles. The van der Waals surface area contributed by atoms with Crippen LogP contribution in [0.1, 0.15) is 72.6 Å². The Labute approximate surface area is 146 Å². The fourth-order valence-corrected chi connectivity index (χ4v) is 3.24. The molecule has 0 aromatic carbocycles. The van der Waals surface area contributed by atoms with E-state index >= 15 is 0 Å². The zero-order chi connectivity index (χ0) is 18.0. The number of rotatable bonds is 10. The molecule has 0 radical (unpaired) electrons. The Balaban J connectivity index is 2.70. The Morgan fingerprint density at radius 2 is 1.96 bits per heavy atom. The highest BCUT2D eigenvalue weighted by atomic mass is 17.2.